The minimum absolute atomic E-state index is 0.162. The van der Waals surface area contributed by atoms with Crippen molar-refractivity contribution in [3.63, 3.8) is 0 Å². The average molecular weight is 587 g/mol. The van der Waals surface area contributed by atoms with E-state index < -0.39 is 5.82 Å². The van der Waals surface area contributed by atoms with Crippen LogP contribution in [0.15, 0.2) is 60.7 Å². The Kier molecular flexibility index (Phi) is 7.27. The number of nitrogens with one attached hydrogen (secondary N) is 1. The van der Waals surface area contributed by atoms with Gasteiger partial charge in [-0.05, 0) is 74.2 Å². The summed E-state index contributed by atoms with van der Waals surface area (Å²) < 4.78 is 21.3. The van der Waals surface area contributed by atoms with Crippen LogP contribution in [-0.2, 0) is 6.42 Å². The molecule has 1 N–H and O–H groups in total. The molecule has 1 aliphatic heterocycles. The highest BCUT2D eigenvalue weighted by Gasteiger charge is 2.26. The van der Waals surface area contributed by atoms with Crippen molar-refractivity contribution >= 4 is 55.5 Å². The number of Topliss-reactive ketones (excluding diaryl/α,β-unsaturated/α-hetero) is 1. The maximum Gasteiger partial charge on any atom is 0.328 e. The molecule has 0 saturated carbocycles. The number of fused-ring (bicyclic) bond motifs is 2. The summed E-state index contributed by atoms with van der Waals surface area (Å²) in [4.78, 5) is 37.5. The number of rotatable bonds is 6. The highest BCUT2D eigenvalue weighted by atomic mass is 32.1. The van der Waals surface area contributed by atoms with Gasteiger partial charge in [0, 0.05) is 24.7 Å². The maximum absolute atomic E-state index is 14.8. The van der Waals surface area contributed by atoms with Crippen molar-refractivity contribution in [2.24, 2.45) is 0 Å². The molecule has 1 aliphatic rings. The van der Waals surface area contributed by atoms with Crippen LogP contribution in [-0.4, -0.2) is 34.4 Å². The zero-order chi connectivity index (χ0) is 28.7. The molecule has 0 unspecified atom stereocenters. The number of aryl methyl sites for hydroxylation is 1. The van der Waals surface area contributed by atoms with E-state index in [4.69, 9.17) is 4.74 Å². The number of hydrogen-bond acceptors (Lipinski definition) is 7. The number of anilines is 2. The largest absolute Gasteiger partial charge is 0.488 e. The lowest BCUT2D eigenvalue weighted by molar-refractivity contribution is 0.101. The molecule has 0 saturated heterocycles. The van der Waals surface area contributed by atoms with Gasteiger partial charge in [-0.1, -0.05) is 35.6 Å². The number of nitrogens with zero attached hydrogens (tertiary/aromatic N) is 3. The Bertz CT molecular complexity index is 1760. The predicted octanol–water partition coefficient (Wildman–Crippen LogP) is 8.20. The fraction of sp³-hybridized carbons (Fsp3) is 0.226. The summed E-state index contributed by atoms with van der Waals surface area (Å²) in [6.45, 7) is 5.69. The van der Waals surface area contributed by atoms with E-state index in [1.165, 1.54) is 35.7 Å². The van der Waals surface area contributed by atoms with Crippen molar-refractivity contribution in [1.29, 1.82) is 0 Å². The molecule has 2 aromatic heterocycles. The van der Waals surface area contributed by atoms with Crippen molar-refractivity contribution in [3.8, 4) is 26.8 Å². The summed E-state index contributed by atoms with van der Waals surface area (Å²) >= 11 is 2.76. The van der Waals surface area contributed by atoms with Gasteiger partial charge >= 0.3 is 6.03 Å². The van der Waals surface area contributed by atoms with Crippen LogP contribution in [0.4, 0.5) is 20.0 Å². The van der Waals surface area contributed by atoms with Crippen LogP contribution in [0.3, 0.4) is 0 Å². The second-order valence-corrected chi connectivity index (χ2v) is 12.1. The number of carbonyl (C=O) groups excluding carboxylic acids is 2. The van der Waals surface area contributed by atoms with Gasteiger partial charge in [-0.3, -0.25) is 15.0 Å². The SMILES string of the molecule is CC(=O)c1nc(-c2ccc3c(c2)N(C(=O)Nc2nc4ccccc4s2)CCC3)sc1-c1ccc(OC(C)C)c(F)c1. The van der Waals surface area contributed by atoms with Crippen LogP contribution < -0.4 is 15.0 Å². The second kappa shape index (κ2) is 11.0. The lowest BCUT2D eigenvalue weighted by atomic mass is 10.00. The Morgan fingerprint density at radius 2 is 1.83 bits per heavy atom. The summed E-state index contributed by atoms with van der Waals surface area (Å²) in [5.41, 5.74) is 4.33. The molecule has 208 valence electrons. The van der Waals surface area contributed by atoms with Crippen LogP contribution in [0, 0.1) is 5.82 Å². The number of para-hydroxylation sites is 1. The number of amides is 2. The van der Waals surface area contributed by atoms with Gasteiger partial charge in [-0.25, -0.2) is 19.2 Å². The first-order valence-electron chi connectivity index (χ1n) is 13.3. The molecule has 0 atom stereocenters. The molecule has 10 heteroatoms. The van der Waals surface area contributed by atoms with Gasteiger partial charge in [0.25, 0.3) is 0 Å². The third-order valence-corrected chi connectivity index (χ3v) is 8.83. The lowest BCUT2D eigenvalue weighted by Crippen LogP contribution is -2.38. The first-order valence-corrected chi connectivity index (χ1v) is 15.0. The number of hydrogen-bond donors (Lipinski definition) is 1. The highest BCUT2D eigenvalue weighted by Crippen LogP contribution is 2.40. The zero-order valence-corrected chi connectivity index (χ0v) is 24.4. The topological polar surface area (TPSA) is 84.4 Å². The fourth-order valence-electron chi connectivity index (χ4n) is 4.87. The lowest BCUT2D eigenvalue weighted by Gasteiger charge is -2.29. The van der Waals surface area contributed by atoms with Crippen LogP contribution in [0.2, 0.25) is 0 Å². The molecule has 0 spiro atoms. The Morgan fingerprint density at radius 3 is 2.59 bits per heavy atom. The predicted molar refractivity (Wildman–Crippen MR) is 163 cm³/mol. The molecule has 6 rings (SSSR count). The molecule has 0 fully saturated rings. The minimum Gasteiger partial charge on any atom is -0.488 e. The summed E-state index contributed by atoms with van der Waals surface area (Å²) in [6, 6.07) is 18.1. The Hall–Kier alpha value is -4.15. The number of urea groups is 1. The number of halogens is 1. The third-order valence-electron chi connectivity index (χ3n) is 6.72. The third kappa shape index (κ3) is 5.45. The van der Waals surface area contributed by atoms with Crippen molar-refractivity contribution in [2.75, 3.05) is 16.8 Å². The number of carbonyl (C=O) groups is 2. The van der Waals surface area contributed by atoms with E-state index in [-0.39, 0.29) is 29.4 Å². The molecular weight excluding hydrogens is 559 g/mol. The standard InChI is InChI=1S/C31H27FN4O3S2/c1-17(2)39-25-13-12-20(15-22(25)32)28-27(18(3)37)34-29(41-28)21-11-10-19-7-6-14-36(24(19)16-21)31(38)35-30-33-23-8-4-5-9-26(23)40-30/h4-5,8-13,15-17H,6-7,14H2,1-3H3,(H,33,35,38). The van der Waals surface area contributed by atoms with Gasteiger partial charge in [-0.2, -0.15) is 0 Å². The minimum atomic E-state index is -0.496. The molecule has 0 bridgehead atoms. The molecule has 3 aromatic carbocycles. The first kappa shape index (κ1) is 27.0. The van der Waals surface area contributed by atoms with E-state index in [1.54, 1.807) is 17.0 Å². The summed E-state index contributed by atoms with van der Waals surface area (Å²) in [6.07, 6.45) is 1.54. The zero-order valence-electron chi connectivity index (χ0n) is 22.7. The fourth-order valence-corrected chi connectivity index (χ4v) is 6.83. The van der Waals surface area contributed by atoms with Crippen molar-refractivity contribution < 1.29 is 18.7 Å². The Balaban J connectivity index is 1.32. The smallest absolute Gasteiger partial charge is 0.328 e. The monoisotopic (exact) mass is 586 g/mol. The van der Waals surface area contributed by atoms with Gasteiger partial charge < -0.3 is 4.74 Å². The second-order valence-electron chi connectivity index (χ2n) is 10.1. The van der Waals surface area contributed by atoms with E-state index in [0.29, 0.717) is 27.1 Å². The van der Waals surface area contributed by atoms with E-state index in [2.05, 4.69) is 15.3 Å². The molecule has 0 aliphatic carbocycles. The molecule has 5 aromatic rings. The summed E-state index contributed by atoms with van der Waals surface area (Å²) in [5, 5.41) is 4.13. The van der Waals surface area contributed by atoms with Crippen LogP contribution >= 0.6 is 22.7 Å². The van der Waals surface area contributed by atoms with Crippen LogP contribution in [0.5, 0.6) is 5.75 Å². The van der Waals surface area contributed by atoms with E-state index in [0.717, 1.165) is 39.9 Å². The highest BCUT2D eigenvalue weighted by molar-refractivity contribution is 7.22. The quantitative estimate of drug-likeness (QED) is 0.203. The number of ketones is 1. The maximum atomic E-state index is 14.8. The van der Waals surface area contributed by atoms with Crippen molar-refractivity contribution in [2.45, 2.75) is 39.7 Å². The Labute approximate surface area is 244 Å². The summed E-state index contributed by atoms with van der Waals surface area (Å²) in [7, 11) is 0. The van der Waals surface area contributed by atoms with Gasteiger partial charge in [0.15, 0.2) is 22.5 Å². The van der Waals surface area contributed by atoms with Crippen molar-refractivity contribution in [3.05, 3.63) is 77.7 Å². The van der Waals surface area contributed by atoms with Gasteiger partial charge in [0.05, 0.1) is 21.2 Å². The van der Waals surface area contributed by atoms with Gasteiger partial charge in [0.2, 0.25) is 0 Å². The van der Waals surface area contributed by atoms with Crippen molar-refractivity contribution in [1.82, 2.24) is 9.97 Å². The molecule has 3 heterocycles. The number of thiazole rings is 2. The Morgan fingerprint density at radius 1 is 1.02 bits per heavy atom. The molecular formula is C31H27FN4O3S2. The number of benzene rings is 3. The average Bonchev–Trinajstić information content (AvgIpc) is 3.58. The van der Waals surface area contributed by atoms with E-state index in [9.17, 15) is 14.0 Å². The molecule has 41 heavy (non-hydrogen) atoms. The van der Waals surface area contributed by atoms with E-state index >= 15 is 0 Å². The number of ether oxygens (including phenoxy) is 1. The van der Waals surface area contributed by atoms with Crippen LogP contribution in [0.25, 0.3) is 31.2 Å². The summed E-state index contributed by atoms with van der Waals surface area (Å²) in [5.74, 6) is -0.541. The number of aromatic nitrogens is 2. The first-order chi connectivity index (χ1) is 19.8. The molecule has 0 radical (unpaired) electrons. The molecule has 2 amide bonds. The van der Waals surface area contributed by atoms with E-state index in [1.807, 2.05) is 56.3 Å². The normalized spacial score (nSPS) is 13.0. The van der Waals surface area contributed by atoms with Gasteiger partial charge in [-0.15, -0.1) is 11.3 Å². The van der Waals surface area contributed by atoms with Crippen LogP contribution in [0.1, 0.15) is 43.2 Å². The van der Waals surface area contributed by atoms with Gasteiger partial charge in [0.1, 0.15) is 10.7 Å². The molecule has 7 nitrogen and oxygen atoms in total.